The molecule has 1 atom stereocenters. The molecule has 0 unspecified atom stereocenters. The van der Waals surface area contributed by atoms with E-state index in [2.05, 4.69) is 4.72 Å². The lowest BCUT2D eigenvalue weighted by molar-refractivity contribution is -0.137. The fourth-order valence-corrected chi connectivity index (χ4v) is 4.07. The van der Waals surface area contributed by atoms with Crippen molar-refractivity contribution in [2.45, 2.75) is 32.1 Å². The highest BCUT2D eigenvalue weighted by atomic mass is 32.2. The zero-order valence-electron chi connectivity index (χ0n) is 14.3. The topological polar surface area (TPSA) is 75.7 Å². The van der Waals surface area contributed by atoms with Gasteiger partial charge in [0, 0.05) is 13.1 Å². The van der Waals surface area contributed by atoms with E-state index in [-0.39, 0.29) is 17.6 Å². The van der Waals surface area contributed by atoms with Crippen LogP contribution >= 0.6 is 0 Å². The molecule has 7 heteroatoms. The maximum atomic E-state index is 12.7. The summed E-state index contributed by atoms with van der Waals surface area (Å²) < 4.78 is 32.8. The molecule has 1 saturated heterocycles. The van der Waals surface area contributed by atoms with Crippen molar-refractivity contribution in [3.05, 3.63) is 35.9 Å². The fraction of sp³-hybridized carbons (Fsp3) is 0.588. The van der Waals surface area contributed by atoms with Crippen LogP contribution < -0.4 is 4.72 Å². The van der Waals surface area contributed by atoms with E-state index in [4.69, 9.17) is 4.74 Å². The number of ether oxygens (including phenoxy) is 1. The quantitative estimate of drug-likeness (QED) is 0.803. The van der Waals surface area contributed by atoms with Crippen LogP contribution in [0.25, 0.3) is 0 Å². The molecular weight excluding hydrogens is 328 g/mol. The molecule has 0 bridgehead atoms. The van der Waals surface area contributed by atoms with Gasteiger partial charge in [0.15, 0.2) is 0 Å². The van der Waals surface area contributed by atoms with Crippen LogP contribution in [-0.2, 0) is 25.3 Å². The van der Waals surface area contributed by atoms with E-state index in [9.17, 15) is 13.2 Å². The lowest BCUT2D eigenvalue weighted by atomic mass is 10.0. The molecule has 1 heterocycles. The Balaban J connectivity index is 2.07. The second-order valence-corrected chi connectivity index (χ2v) is 8.24. The van der Waals surface area contributed by atoms with E-state index in [1.807, 2.05) is 19.9 Å². The van der Waals surface area contributed by atoms with Crippen molar-refractivity contribution in [3.63, 3.8) is 0 Å². The highest BCUT2D eigenvalue weighted by molar-refractivity contribution is 7.88. The van der Waals surface area contributed by atoms with E-state index < -0.39 is 16.1 Å². The van der Waals surface area contributed by atoms with Gasteiger partial charge < -0.3 is 9.64 Å². The Morgan fingerprint density at radius 3 is 2.42 bits per heavy atom. The van der Waals surface area contributed by atoms with Crippen LogP contribution in [0.2, 0.25) is 0 Å². The summed E-state index contributed by atoms with van der Waals surface area (Å²) in [6.45, 7) is 5.96. The minimum absolute atomic E-state index is 0.126. The number of amides is 1. The number of carbonyl (C=O) groups excluding carboxylic acids is 1. The third kappa shape index (κ3) is 5.89. The van der Waals surface area contributed by atoms with Crippen LogP contribution in [-0.4, -0.2) is 51.6 Å². The van der Waals surface area contributed by atoms with Crippen molar-refractivity contribution < 1.29 is 17.9 Å². The van der Waals surface area contributed by atoms with Crippen LogP contribution in [0.3, 0.4) is 0 Å². The molecule has 0 saturated carbocycles. The van der Waals surface area contributed by atoms with Crippen LogP contribution in [0.1, 0.15) is 25.8 Å². The predicted molar refractivity (Wildman–Crippen MR) is 92.8 cm³/mol. The summed E-state index contributed by atoms with van der Waals surface area (Å²) >= 11 is 0. The Kier molecular flexibility index (Phi) is 6.77. The fourth-order valence-electron chi connectivity index (χ4n) is 2.73. The third-order valence-electron chi connectivity index (χ3n) is 3.85. The Hall–Kier alpha value is -1.44. The van der Waals surface area contributed by atoms with Crippen molar-refractivity contribution in [3.8, 4) is 0 Å². The maximum absolute atomic E-state index is 12.7. The normalized spacial score (nSPS) is 17.0. The van der Waals surface area contributed by atoms with E-state index in [1.54, 1.807) is 29.2 Å². The number of carbonyl (C=O) groups is 1. The molecule has 1 aliphatic heterocycles. The van der Waals surface area contributed by atoms with Gasteiger partial charge in [-0.15, -0.1) is 0 Å². The smallest absolute Gasteiger partial charge is 0.240 e. The summed E-state index contributed by atoms with van der Waals surface area (Å²) in [5.74, 6) is -0.0817. The van der Waals surface area contributed by atoms with Gasteiger partial charge in [0.25, 0.3) is 0 Å². The summed E-state index contributed by atoms with van der Waals surface area (Å²) in [5, 5.41) is 0. The van der Waals surface area contributed by atoms with E-state index >= 15 is 0 Å². The molecule has 0 aromatic heterocycles. The lowest BCUT2D eigenvalue weighted by Crippen LogP contribution is -2.52. The molecule has 0 radical (unpaired) electrons. The number of hydrogen-bond acceptors (Lipinski definition) is 4. The van der Waals surface area contributed by atoms with Crippen molar-refractivity contribution in [2.75, 3.05) is 26.3 Å². The molecular formula is C17H26N2O4S. The van der Waals surface area contributed by atoms with E-state index in [0.717, 1.165) is 0 Å². The largest absolute Gasteiger partial charge is 0.378 e. The summed E-state index contributed by atoms with van der Waals surface area (Å²) in [7, 11) is -3.59. The number of morpholine rings is 1. The standard InChI is InChI=1S/C17H26N2O4S/c1-14(2)12-16(17(20)19-8-10-23-11-9-19)18-24(21,22)13-15-6-4-3-5-7-15/h3-7,14,16,18H,8-13H2,1-2H3/t16-/m1/s1. The number of rotatable bonds is 7. The molecule has 1 aromatic rings. The minimum Gasteiger partial charge on any atom is -0.378 e. The van der Waals surface area contributed by atoms with Crippen LogP contribution in [0, 0.1) is 5.92 Å². The Morgan fingerprint density at radius 1 is 1.21 bits per heavy atom. The lowest BCUT2D eigenvalue weighted by Gasteiger charge is -2.31. The Labute approximate surface area is 144 Å². The molecule has 1 amide bonds. The first-order valence-corrected chi connectivity index (χ1v) is 9.93. The van der Waals surface area contributed by atoms with Gasteiger partial charge in [0.05, 0.1) is 19.0 Å². The van der Waals surface area contributed by atoms with Gasteiger partial charge in [0.1, 0.15) is 6.04 Å². The summed E-state index contributed by atoms with van der Waals surface area (Å²) in [6, 6.07) is 8.25. The first kappa shape index (κ1) is 18.9. The number of sulfonamides is 1. The molecule has 0 spiro atoms. The second-order valence-electron chi connectivity index (χ2n) is 6.48. The monoisotopic (exact) mass is 354 g/mol. The first-order chi connectivity index (χ1) is 11.4. The molecule has 1 fully saturated rings. The predicted octanol–water partition coefficient (Wildman–Crippen LogP) is 1.38. The molecule has 24 heavy (non-hydrogen) atoms. The van der Waals surface area contributed by atoms with E-state index in [0.29, 0.717) is 38.3 Å². The Morgan fingerprint density at radius 2 is 1.83 bits per heavy atom. The van der Waals surface area contributed by atoms with Crippen LogP contribution in [0.4, 0.5) is 0 Å². The zero-order chi connectivity index (χ0) is 17.6. The summed E-state index contributed by atoms with van der Waals surface area (Å²) in [4.78, 5) is 14.4. The van der Waals surface area contributed by atoms with Crippen molar-refractivity contribution >= 4 is 15.9 Å². The molecule has 1 aliphatic rings. The Bertz CT molecular complexity index is 625. The summed E-state index contributed by atoms with van der Waals surface area (Å²) in [5.41, 5.74) is 0.701. The highest BCUT2D eigenvalue weighted by Gasteiger charge is 2.30. The number of benzene rings is 1. The second kappa shape index (κ2) is 8.60. The van der Waals surface area contributed by atoms with Gasteiger partial charge in [0.2, 0.25) is 15.9 Å². The van der Waals surface area contributed by atoms with Gasteiger partial charge in [-0.2, -0.15) is 0 Å². The SMILES string of the molecule is CC(C)C[C@@H](NS(=O)(=O)Cc1ccccc1)C(=O)N1CCOCC1. The maximum Gasteiger partial charge on any atom is 0.240 e. The van der Waals surface area contributed by atoms with Crippen LogP contribution in [0.15, 0.2) is 30.3 Å². The van der Waals surface area contributed by atoms with Crippen molar-refractivity contribution in [1.82, 2.24) is 9.62 Å². The number of nitrogens with one attached hydrogen (secondary N) is 1. The van der Waals surface area contributed by atoms with Gasteiger partial charge >= 0.3 is 0 Å². The molecule has 134 valence electrons. The van der Waals surface area contributed by atoms with Gasteiger partial charge in [-0.25, -0.2) is 13.1 Å². The molecule has 0 aliphatic carbocycles. The van der Waals surface area contributed by atoms with Crippen LogP contribution in [0.5, 0.6) is 0 Å². The summed E-state index contributed by atoms with van der Waals surface area (Å²) in [6.07, 6.45) is 0.476. The van der Waals surface area contributed by atoms with Crippen molar-refractivity contribution in [1.29, 1.82) is 0 Å². The number of nitrogens with zero attached hydrogens (tertiary/aromatic N) is 1. The van der Waals surface area contributed by atoms with Crippen molar-refractivity contribution in [2.24, 2.45) is 5.92 Å². The number of hydrogen-bond donors (Lipinski definition) is 1. The minimum atomic E-state index is -3.59. The van der Waals surface area contributed by atoms with Gasteiger partial charge in [-0.1, -0.05) is 44.2 Å². The molecule has 2 rings (SSSR count). The first-order valence-electron chi connectivity index (χ1n) is 8.28. The van der Waals surface area contributed by atoms with E-state index in [1.165, 1.54) is 0 Å². The van der Waals surface area contributed by atoms with Gasteiger partial charge in [-0.05, 0) is 17.9 Å². The molecule has 1 aromatic carbocycles. The third-order valence-corrected chi connectivity index (χ3v) is 5.21. The highest BCUT2D eigenvalue weighted by Crippen LogP contribution is 2.12. The average Bonchev–Trinajstić information content (AvgIpc) is 2.54. The molecule has 1 N–H and O–H groups in total. The zero-order valence-corrected chi connectivity index (χ0v) is 15.1. The average molecular weight is 354 g/mol. The molecule has 6 nitrogen and oxygen atoms in total. The van der Waals surface area contributed by atoms with Gasteiger partial charge in [-0.3, -0.25) is 4.79 Å².